The van der Waals surface area contributed by atoms with Crippen molar-refractivity contribution in [2.24, 2.45) is 5.73 Å². The van der Waals surface area contributed by atoms with Crippen molar-refractivity contribution in [3.63, 3.8) is 0 Å². The molecule has 1 aromatic carbocycles. The van der Waals surface area contributed by atoms with Gasteiger partial charge in [0.05, 0.1) is 5.56 Å². The lowest BCUT2D eigenvalue weighted by Crippen LogP contribution is -2.20. The maximum absolute atomic E-state index is 10.5. The number of nitriles is 1. The molecule has 5 nitrogen and oxygen atoms in total. The minimum Gasteiger partial charge on any atom is -0.507 e. The molecule has 1 atom stereocenters. The van der Waals surface area contributed by atoms with Crippen molar-refractivity contribution in [3.8, 4) is 11.8 Å². The Balaban J connectivity index is 3.14. The van der Waals surface area contributed by atoms with Crippen molar-refractivity contribution in [2.75, 3.05) is 0 Å². The summed E-state index contributed by atoms with van der Waals surface area (Å²) in [6.45, 7) is 0. The molecule has 1 rings (SSSR count). The first-order valence-electron chi connectivity index (χ1n) is 3.77. The van der Waals surface area contributed by atoms with Gasteiger partial charge >= 0.3 is 5.97 Å². The fourth-order valence-electron chi connectivity index (χ4n) is 0.979. The van der Waals surface area contributed by atoms with Crippen LogP contribution in [0.25, 0.3) is 0 Å². The summed E-state index contributed by atoms with van der Waals surface area (Å²) in [6, 6.07) is 4.43. The van der Waals surface area contributed by atoms with Crippen LogP contribution in [0.1, 0.15) is 17.2 Å². The number of carboxylic acid groups (broad SMARTS) is 1. The van der Waals surface area contributed by atoms with Crippen LogP contribution in [0.15, 0.2) is 18.2 Å². The van der Waals surface area contributed by atoms with Crippen molar-refractivity contribution in [1.82, 2.24) is 0 Å². The molecule has 0 aromatic heterocycles. The number of nitrogens with two attached hydrogens (primary N) is 1. The molecule has 0 amide bonds. The number of phenolic OH excluding ortho intramolecular Hbond substituents is 1. The van der Waals surface area contributed by atoms with Crippen LogP contribution in [-0.4, -0.2) is 16.2 Å². The van der Waals surface area contributed by atoms with Gasteiger partial charge in [0.1, 0.15) is 17.9 Å². The highest BCUT2D eigenvalue weighted by Gasteiger charge is 2.15. The molecule has 72 valence electrons. The minimum atomic E-state index is -1.18. The fourth-order valence-corrected chi connectivity index (χ4v) is 0.979. The average Bonchev–Trinajstić information content (AvgIpc) is 2.17. The zero-order valence-electron chi connectivity index (χ0n) is 7.14. The molecule has 14 heavy (non-hydrogen) atoms. The summed E-state index contributed by atoms with van der Waals surface area (Å²) in [4.78, 5) is 10.5. The van der Waals surface area contributed by atoms with Crippen molar-refractivity contribution >= 4 is 5.97 Å². The predicted molar refractivity (Wildman–Crippen MR) is 47.4 cm³/mol. The molecule has 0 heterocycles. The van der Waals surface area contributed by atoms with Gasteiger partial charge in [0, 0.05) is 0 Å². The Hall–Kier alpha value is -2.06. The molecule has 0 saturated heterocycles. The van der Waals surface area contributed by atoms with E-state index in [1.807, 2.05) is 0 Å². The topological polar surface area (TPSA) is 107 Å². The maximum atomic E-state index is 10.5. The van der Waals surface area contributed by atoms with Gasteiger partial charge in [-0.25, -0.2) is 0 Å². The van der Waals surface area contributed by atoms with E-state index in [1.165, 1.54) is 18.2 Å². The zero-order valence-corrected chi connectivity index (χ0v) is 7.14. The first-order valence-corrected chi connectivity index (χ1v) is 3.77. The smallest absolute Gasteiger partial charge is 0.325 e. The second-order valence-electron chi connectivity index (χ2n) is 2.70. The number of nitrogens with zero attached hydrogens (tertiary/aromatic N) is 1. The summed E-state index contributed by atoms with van der Waals surface area (Å²) in [5.74, 6) is -1.37. The Kier molecular flexibility index (Phi) is 2.70. The highest BCUT2D eigenvalue weighted by molar-refractivity contribution is 5.75. The number of rotatable bonds is 2. The number of phenols is 1. The normalized spacial score (nSPS) is 11.7. The van der Waals surface area contributed by atoms with E-state index in [4.69, 9.17) is 21.2 Å². The van der Waals surface area contributed by atoms with E-state index in [9.17, 15) is 4.79 Å². The largest absolute Gasteiger partial charge is 0.507 e. The highest BCUT2D eigenvalue weighted by Crippen LogP contribution is 2.20. The predicted octanol–water partition coefficient (Wildman–Crippen LogP) is 0.348. The number of aliphatic carboxylic acids is 1. The lowest BCUT2D eigenvalue weighted by Gasteiger charge is -2.07. The number of hydrogen-bond acceptors (Lipinski definition) is 4. The summed E-state index contributed by atoms with van der Waals surface area (Å²) in [7, 11) is 0. The maximum Gasteiger partial charge on any atom is 0.325 e. The van der Waals surface area contributed by atoms with Crippen LogP contribution in [0.2, 0.25) is 0 Å². The molecule has 5 heteroatoms. The first kappa shape index (κ1) is 10.0. The molecule has 1 aromatic rings. The standard InChI is InChI=1S/C9H8N2O3/c10-4-6-3-5(1-2-7(6)12)8(11)9(13)14/h1-3,8,12H,11H2,(H,13,14). The SMILES string of the molecule is N#Cc1cc(C(N)C(=O)O)ccc1O. The van der Waals surface area contributed by atoms with Gasteiger partial charge in [-0.3, -0.25) is 4.79 Å². The average molecular weight is 192 g/mol. The van der Waals surface area contributed by atoms with E-state index in [1.54, 1.807) is 6.07 Å². The number of benzene rings is 1. The van der Waals surface area contributed by atoms with Crippen LogP contribution in [0.3, 0.4) is 0 Å². The Morgan fingerprint density at radius 3 is 2.71 bits per heavy atom. The molecule has 0 aliphatic heterocycles. The van der Waals surface area contributed by atoms with E-state index < -0.39 is 12.0 Å². The van der Waals surface area contributed by atoms with Gasteiger partial charge in [0.25, 0.3) is 0 Å². The Bertz CT molecular complexity index is 409. The summed E-state index contributed by atoms with van der Waals surface area (Å²) >= 11 is 0. The Morgan fingerprint density at radius 2 is 2.21 bits per heavy atom. The molecule has 1 unspecified atom stereocenters. The molecular formula is C9H8N2O3. The van der Waals surface area contributed by atoms with Crippen LogP contribution < -0.4 is 5.73 Å². The fraction of sp³-hybridized carbons (Fsp3) is 0.111. The van der Waals surface area contributed by atoms with Crippen LogP contribution in [0.4, 0.5) is 0 Å². The van der Waals surface area contributed by atoms with Crippen molar-refractivity contribution in [1.29, 1.82) is 5.26 Å². The second-order valence-corrected chi connectivity index (χ2v) is 2.70. The molecule has 0 spiro atoms. The van der Waals surface area contributed by atoms with Crippen molar-refractivity contribution in [2.45, 2.75) is 6.04 Å². The first-order chi connectivity index (χ1) is 6.56. The third-order valence-electron chi connectivity index (χ3n) is 1.77. The van der Waals surface area contributed by atoms with E-state index in [0.29, 0.717) is 0 Å². The van der Waals surface area contributed by atoms with E-state index in [2.05, 4.69) is 0 Å². The Labute approximate surface area is 80.0 Å². The van der Waals surface area contributed by atoms with Gasteiger partial charge in [-0.1, -0.05) is 6.07 Å². The number of hydrogen-bond donors (Lipinski definition) is 3. The van der Waals surface area contributed by atoms with Crippen LogP contribution in [-0.2, 0) is 4.79 Å². The van der Waals surface area contributed by atoms with E-state index in [0.717, 1.165) is 0 Å². The van der Waals surface area contributed by atoms with Crippen LogP contribution >= 0.6 is 0 Å². The molecule has 0 radical (unpaired) electrons. The molecule has 0 aliphatic rings. The monoisotopic (exact) mass is 192 g/mol. The van der Waals surface area contributed by atoms with Gasteiger partial charge in [-0.05, 0) is 17.7 Å². The Morgan fingerprint density at radius 1 is 1.57 bits per heavy atom. The highest BCUT2D eigenvalue weighted by atomic mass is 16.4. The molecular weight excluding hydrogens is 184 g/mol. The van der Waals surface area contributed by atoms with Crippen molar-refractivity contribution in [3.05, 3.63) is 29.3 Å². The van der Waals surface area contributed by atoms with Gasteiger partial charge in [-0.15, -0.1) is 0 Å². The third-order valence-corrected chi connectivity index (χ3v) is 1.77. The summed E-state index contributed by atoms with van der Waals surface area (Å²) < 4.78 is 0. The molecule has 0 fully saturated rings. The third kappa shape index (κ3) is 1.81. The van der Waals surface area contributed by atoms with Gasteiger partial charge in [0.2, 0.25) is 0 Å². The summed E-state index contributed by atoms with van der Waals surface area (Å²) in [5.41, 5.74) is 5.62. The van der Waals surface area contributed by atoms with Gasteiger partial charge in [-0.2, -0.15) is 5.26 Å². The lowest BCUT2D eigenvalue weighted by atomic mass is 10.0. The minimum absolute atomic E-state index is 0.0131. The van der Waals surface area contributed by atoms with Crippen LogP contribution in [0, 0.1) is 11.3 Å². The van der Waals surface area contributed by atoms with Gasteiger partial charge < -0.3 is 15.9 Å². The van der Waals surface area contributed by atoms with Gasteiger partial charge in [0.15, 0.2) is 0 Å². The summed E-state index contributed by atoms with van der Waals surface area (Å²) in [5, 5.41) is 26.3. The quantitative estimate of drug-likeness (QED) is 0.626. The second kappa shape index (κ2) is 3.77. The van der Waals surface area contributed by atoms with E-state index >= 15 is 0 Å². The van der Waals surface area contributed by atoms with Crippen molar-refractivity contribution < 1.29 is 15.0 Å². The zero-order chi connectivity index (χ0) is 10.7. The lowest BCUT2D eigenvalue weighted by molar-refractivity contribution is -0.138. The molecule has 0 bridgehead atoms. The molecule has 4 N–H and O–H groups in total. The number of carbonyl (C=O) groups is 1. The van der Waals surface area contributed by atoms with Crippen LogP contribution in [0.5, 0.6) is 5.75 Å². The number of carboxylic acids is 1. The molecule has 0 aliphatic carbocycles. The molecule has 0 saturated carbocycles. The van der Waals surface area contributed by atoms with E-state index in [-0.39, 0.29) is 16.9 Å². The number of aromatic hydroxyl groups is 1. The summed E-state index contributed by atoms with van der Waals surface area (Å²) in [6.07, 6.45) is 0.